The molecule has 0 unspecified atom stereocenters. The van der Waals surface area contributed by atoms with Crippen LogP contribution in [0, 0.1) is 23.7 Å². The van der Waals surface area contributed by atoms with E-state index in [1.165, 1.54) is 49.7 Å². The minimum absolute atomic E-state index is 0.826. The van der Waals surface area contributed by atoms with Gasteiger partial charge in [0.15, 0.2) is 0 Å². The summed E-state index contributed by atoms with van der Waals surface area (Å²) in [7, 11) is 0. The summed E-state index contributed by atoms with van der Waals surface area (Å²) in [6.07, 6.45) is 14.5. The Labute approximate surface area is 143 Å². The fourth-order valence-electron chi connectivity index (χ4n) is 5.48. The standard InChI is InChI=1S/C21H36N2/c1-15(2)5-4-6-16(3)14-22-7-8-23-21-19-10-17-9-18(12-19)13-20(21)11-17/h5,14,17-23H,4,6-13H2,1-3H3/b16-14+. The van der Waals surface area contributed by atoms with Crippen LogP contribution in [0.5, 0.6) is 0 Å². The average Bonchev–Trinajstić information content (AvgIpc) is 2.48. The lowest BCUT2D eigenvalue weighted by Crippen LogP contribution is -2.55. The Balaban J connectivity index is 1.32. The van der Waals surface area contributed by atoms with E-state index in [0.29, 0.717) is 0 Å². The second-order valence-electron chi connectivity index (χ2n) is 8.68. The molecule has 23 heavy (non-hydrogen) atoms. The third kappa shape index (κ3) is 4.62. The Morgan fingerprint density at radius 2 is 1.57 bits per heavy atom. The summed E-state index contributed by atoms with van der Waals surface area (Å²) in [4.78, 5) is 0. The van der Waals surface area contributed by atoms with Crippen LogP contribution >= 0.6 is 0 Å². The van der Waals surface area contributed by atoms with Crippen molar-refractivity contribution >= 4 is 0 Å². The highest BCUT2D eigenvalue weighted by molar-refractivity contribution is 5.02. The van der Waals surface area contributed by atoms with Gasteiger partial charge in [-0.25, -0.2) is 0 Å². The summed E-state index contributed by atoms with van der Waals surface area (Å²) in [6, 6.07) is 0.826. The second-order valence-corrected chi connectivity index (χ2v) is 8.68. The van der Waals surface area contributed by atoms with Gasteiger partial charge in [0.2, 0.25) is 0 Å². The highest BCUT2D eigenvalue weighted by atomic mass is 15.0. The van der Waals surface area contributed by atoms with Gasteiger partial charge in [0.05, 0.1) is 0 Å². The van der Waals surface area contributed by atoms with Crippen molar-refractivity contribution in [1.82, 2.24) is 10.6 Å². The molecule has 2 N–H and O–H groups in total. The third-order valence-electron chi connectivity index (χ3n) is 6.32. The maximum absolute atomic E-state index is 3.90. The molecule has 0 aliphatic heterocycles. The molecular weight excluding hydrogens is 280 g/mol. The van der Waals surface area contributed by atoms with Crippen LogP contribution in [0.4, 0.5) is 0 Å². The predicted molar refractivity (Wildman–Crippen MR) is 99.3 cm³/mol. The third-order valence-corrected chi connectivity index (χ3v) is 6.32. The van der Waals surface area contributed by atoms with Crippen molar-refractivity contribution < 1.29 is 0 Å². The summed E-state index contributed by atoms with van der Waals surface area (Å²) in [5.74, 6) is 4.15. The molecule has 130 valence electrons. The maximum atomic E-state index is 3.90. The van der Waals surface area contributed by atoms with Crippen LogP contribution in [0.15, 0.2) is 23.4 Å². The molecule has 4 aliphatic rings. The topological polar surface area (TPSA) is 24.1 Å². The SMILES string of the molecule is CC(C)=CCC/C(C)=C/NCCNC1C2CC3CC(C2)CC1C3. The summed E-state index contributed by atoms with van der Waals surface area (Å²) in [6.45, 7) is 8.75. The zero-order valence-electron chi connectivity index (χ0n) is 15.4. The molecule has 4 saturated carbocycles. The molecule has 4 fully saturated rings. The van der Waals surface area contributed by atoms with Gasteiger partial charge in [-0.3, -0.25) is 0 Å². The summed E-state index contributed by atoms with van der Waals surface area (Å²) in [5.41, 5.74) is 2.88. The lowest BCUT2D eigenvalue weighted by atomic mass is 9.54. The second kappa shape index (κ2) is 7.88. The Morgan fingerprint density at radius 1 is 0.913 bits per heavy atom. The quantitative estimate of drug-likeness (QED) is 0.503. The van der Waals surface area contributed by atoms with Gasteiger partial charge < -0.3 is 10.6 Å². The monoisotopic (exact) mass is 316 g/mol. The van der Waals surface area contributed by atoms with Gasteiger partial charge in [-0.15, -0.1) is 0 Å². The normalized spacial score (nSPS) is 35.4. The highest BCUT2D eigenvalue weighted by Gasteiger charge is 2.47. The van der Waals surface area contributed by atoms with E-state index in [9.17, 15) is 0 Å². The van der Waals surface area contributed by atoms with Gasteiger partial charge in [-0.05, 0) is 95.6 Å². The molecular formula is C21H36N2. The molecule has 4 rings (SSSR count). The van der Waals surface area contributed by atoms with Crippen molar-refractivity contribution in [2.75, 3.05) is 13.1 Å². The molecule has 0 amide bonds. The van der Waals surface area contributed by atoms with Gasteiger partial charge in [0, 0.05) is 19.1 Å². The van der Waals surface area contributed by atoms with E-state index in [1.54, 1.807) is 6.42 Å². The number of allylic oxidation sites excluding steroid dienone is 3. The van der Waals surface area contributed by atoms with E-state index in [-0.39, 0.29) is 0 Å². The smallest absolute Gasteiger partial charge is 0.0266 e. The van der Waals surface area contributed by atoms with Crippen molar-refractivity contribution in [2.24, 2.45) is 23.7 Å². The fraction of sp³-hybridized carbons (Fsp3) is 0.810. The molecule has 0 spiro atoms. The van der Waals surface area contributed by atoms with Crippen LogP contribution in [-0.2, 0) is 0 Å². The highest BCUT2D eigenvalue weighted by Crippen LogP contribution is 2.53. The Kier molecular flexibility index (Phi) is 5.85. The Bertz CT molecular complexity index is 417. The van der Waals surface area contributed by atoms with E-state index in [4.69, 9.17) is 0 Å². The van der Waals surface area contributed by atoms with Gasteiger partial charge >= 0.3 is 0 Å². The van der Waals surface area contributed by atoms with Crippen LogP contribution in [0.3, 0.4) is 0 Å². The zero-order chi connectivity index (χ0) is 16.2. The molecule has 4 bridgehead atoms. The maximum Gasteiger partial charge on any atom is 0.0266 e. The van der Waals surface area contributed by atoms with E-state index >= 15 is 0 Å². The first-order valence-corrected chi connectivity index (χ1v) is 9.87. The van der Waals surface area contributed by atoms with Crippen LogP contribution < -0.4 is 10.6 Å². The van der Waals surface area contributed by atoms with Gasteiger partial charge in [0.25, 0.3) is 0 Å². The summed E-state index contributed by atoms with van der Waals surface area (Å²) in [5, 5.41) is 7.40. The molecule has 0 radical (unpaired) electrons. The number of nitrogens with one attached hydrogen (secondary N) is 2. The van der Waals surface area contributed by atoms with Crippen LogP contribution in [0.1, 0.15) is 65.7 Å². The molecule has 0 aromatic rings. The molecule has 0 heterocycles. The summed E-state index contributed by atoms with van der Waals surface area (Å²) < 4.78 is 0. The van der Waals surface area contributed by atoms with E-state index in [2.05, 4.69) is 43.7 Å². The van der Waals surface area contributed by atoms with E-state index in [0.717, 1.165) is 42.8 Å². The molecule has 0 saturated heterocycles. The van der Waals surface area contributed by atoms with E-state index in [1.807, 2.05) is 0 Å². The molecule has 4 aliphatic carbocycles. The molecule has 0 aromatic heterocycles. The van der Waals surface area contributed by atoms with Gasteiger partial charge in [-0.2, -0.15) is 0 Å². The largest absolute Gasteiger partial charge is 0.390 e. The van der Waals surface area contributed by atoms with Crippen LogP contribution in [-0.4, -0.2) is 19.1 Å². The van der Waals surface area contributed by atoms with Crippen molar-refractivity contribution in [2.45, 2.75) is 71.8 Å². The minimum atomic E-state index is 0.826. The van der Waals surface area contributed by atoms with Crippen LogP contribution in [0.2, 0.25) is 0 Å². The van der Waals surface area contributed by atoms with Crippen molar-refractivity contribution in [3.8, 4) is 0 Å². The number of hydrogen-bond acceptors (Lipinski definition) is 2. The van der Waals surface area contributed by atoms with E-state index < -0.39 is 0 Å². The van der Waals surface area contributed by atoms with Crippen LogP contribution in [0.25, 0.3) is 0 Å². The lowest BCUT2D eigenvalue weighted by Gasteiger charge is -2.54. The van der Waals surface area contributed by atoms with Crippen molar-refractivity contribution in [1.29, 1.82) is 0 Å². The molecule has 2 nitrogen and oxygen atoms in total. The first kappa shape index (κ1) is 17.1. The Morgan fingerprint density at radius 3 is 2.17 bits per heavy atom. The molecule has 0 aromatic carbocycles. The zero-order valence-corrected chi connectivity index (χ0v) is 15.4. The molecule has 0 atom stereocenters. The molecule has 2 heteroatoms. The average molecular weight is 317 g/mol. The number of rotatable bonds is 8. The predicted octanol–water partition coefficient (Wildman–Crippen LogP) is 4.64. The van der Waals surface area contributed by atoms with Gasteiger partial charge in [0.1, 0.15) is 0 Å². The lowest BCUT2D eigenvalue weighted by molar-refractivity contribution is -0.0132. The number of hydrogen-bond donors (Lipinski definition) is 2. The van der Waals surface area contributed by atoms with Gasteiger partial charge in [-0.1, -0.05) is 17.2 Å². The minimum Gasteiger partial charge on any atom is -0.390 e. The first-order valence-electron chi connectivity index (χ1n) is 9.87. The van der Waals surface area contributed by atoms with Crippen molar-refractivity contribution in [3.63, 3.8) is 0 Å². The first-order chi connectivity index (χ1) is 11.1. The summed E-state index contributed by atoms with van der Waals surface area (Å²) >= 11 is 0. The Hall–Kier alpha value is -0.760. The fourth-order valence-corrected chi connectivity index (χ4v) is 5.48. The van der Waals surface area contributed by atoms with Crippen molar-refractivity contribution in [3.05, 3.63) is 23.4 Å².